The average Bonchev–Trinajstić information content (AvgIpc) is 2.38. The molecule has 1 heterocycles. The summed E-state index contributed by atoms with van der Waals surface area (Å²) in [4.78, 5) is 10.4. The van der Waals surface area contributed by atoms with Crippen LogP contribution < -0.4 is 0 Å². The molecule has 0 amide bonds. The van der Waals surface area contributed by atoms with E-state index in [9.17, 15) is 4.79 Å². The van der Waals surface area contributed by atoms with Gasteiger partial charge < -0.3 is 5.11 Å². The number of hydrogen-bond acceptors (Lipinski definition) is 5. The summed E-state index contributed by atoms with van der Waals surface area (Å²) in [5.41, 5.74) is 0.831. The van der Waals surface area contributed by atoms with Crippen molar-refractivity contribution in [2.24, 2.45) is 0 Å². The monoisotopic (exact) mass is 230 g/mol. The van der Waals surface area contributed by atoms with Crippen LogP contribution in [-0.4, -0.2) is 31.5 Å². The number of benzene rings is 1. The second-order valence-electron chi connectivity index (χ2n) is 3.40. The van der Waals surface area contributed by atoms with Gasteiger partial charge in [-0.1, -0.05) is 30.3 Å². The van der Waals surface area contributed by atoms with Gasteiger partial charge in [-0.05, 0) is 0 Å². The molecule has 0 aliphatic heterocycles. The minimum absolute atomic E-state index is 0.0198. The Morgan fingerprint density at radius 2 is 1.71 bits per heavy atom. The standard InChI is InChI=1S/C11H10N4O2/c16-10(17)7-6-9-12-14-11(15-13-9)8-4-2-1-3-5-8/h1-5H,6-7H2,(H,16,17). The highest BCUT2D eigenvalue weighted by molar-refractivity contribution is 5.66. The first-order valence-corrected chi connectivity index (χ1v) is 5.09. The molecule has 17 heavy (non-hydrogen) atoms. The quantitative estimate of drug-likeness (QED) is 0.841. The second kappa shape index (κ2) is 5.11. The van der Waals surface area contributed by atoms with Crippen LogP contribution in [-0.2, 0) is 11.2 Å². The molecule has 0 aliphatic rings. The van der Waals surface area contributed by atoms with Crippen LogP contribution in [0.2, 0.25) is 0 Å². The highest BCUT2D eigenvalue weighted by atomic mass is 16.4. The molecule has 86 valence electrons. The van der Waals surface area contributed by atoms with Crippen molar-refractivity contribution in [3.63, 3.8) is 0 Å². The predicted molar refractivity (Wildman–Crippen MR) is 59.0 cm³/mol. The van der Waals surface area contributed by atoms with E-state index in [4.69, 9.17) is 5.11 Å². The maximum absolute atomic E-state index is 10.4. The lowest BCUT2D eigenvalue weighted by Crippen LogP contribution is -2.05. The van der Waals surface area contributed by atoms with Crippen molar-refractivity contribution in [2.75, 3.05) is 0 Å². The molecule has 0 fully saturated rings. The van der Waals surface area contributed by atoms with Crippen LogP contribution in [0.5, 0.6) is 0 Å². The van der Waals surface area contributed by atoms with Gasteiger partial charge in [-0.25, -0.2) is 0 Å². The molecule has 0 radical (unpaired) electrons. The topological polar surface area (TPSA) is 88.9 Å². The van der Waals surface area contributed by atoms with Crippen LogP contribution in [0.25, 0.3) is 11.4 Å². The smallest absolute Gasteiger partial charge is 0.303 e. The molecular weight excluding hydrogens is 220 g/mol. The number of carboxylic acid groups (broad SMARTS) is 1. The Bertz CT molecular complexity index is 499. The number of rotatable bonds is 4. The van der Waals surface area contributed by atoms with E-state index >= 15 is 0 Å². The van der Waals surface area contributed by atoms with Crippen molar-refractivity contribution < 1.29 is 9.90 Å². The Morgan fingerprint density at radius 3 is 2.29 bits per heavy atom. The molecule has 0 unspecified atom stereocenters. The number of nitrogens with zero attached hydrogens (tertiary/aromatic N) is 4. The van der Waals surface area contributed by atoms with E-state index in [2.05, 4.69) is 20.4 Å². The summed E-state index contributed by atoms with van der Waals surface area (Å²) in [6.45, 7) is 0. The van der Waals surface area contributed by atoms with Gasteiger partial charge in [0.1, 0.15) is 0 Å². The van der Waals surface area contributed by atoms with Gasteiger partial charge in [0.15, 0.2) is 5.82 Å². The molecule has 0 spiro atoms. The summed E-state index contributed by atoms with van der Waals surface area (Å²) in [7, 11) is 0. The molecule has 0 aliphatic carbocycles. The van der Waals surface area contributed by atoms with Gasteiger partial charge in [0.25, 0.3) is 0 Å². The normalized spacial score (nSPS) is 10.1. The van der Waals surface area contributed by atoms with E-state index in [-0.39, 0.29) is 12.8 Å². The van der Waals surface area contributed by atoms with Crippen molar-refractivity contribution in [1.82, 2.24) is 20.4 Å². The van der Waals surface area contributed by atoms with Gasteiger partial charge in [-0.3, -0.25) is 4.79 Å². The van der Waals surface area contributed by atoms with E-state index in [0.717, 1.165) is 5.56 Å². The first-order chi connectivity index (χ1) is 8.25. The number of carbonyl (C=O) groups is 1. The number of hydrogen-bond donors (Lipinski definition) is 1. The molecule has 2 rings (SSSR count). The van der Waals surface area contributed by atoms with Gasteiger partial charge in [0.05, 0.1) is 6.42 Å². The summed E-state index contributed by atoms with van der Waals surface area (Å²) < 4.78 is 0. The van der Waals surface area contributed by atoms with Gasteiger partial charge in [0.2, 0.25) is 5.82 Å². The lowest BCUT2D eigenvalue weighted by atomic mass is 10.2. The third-order valence-corrected chi connectivity index (χ3v) is 2.11. The van der Waals surface area contributed by atoms with E-state index < -0.39 is 5.97 Å². The molecule has 0 saturated carbocycles. The van der Waals surface area contributed by atoms with Crippen molar-refractivity contribution in [2.45, 2.75) is 12.8 Å². The highest BCUT2D eigenvalue weighted by Gasteiger charge is 2.05. The molecule has 1 N–H and O–H groups in total. The van der Waals surface area contributed by atoms with Crippen LogP contribution in [0, 0.1) is 0 Å². The van der Waals surface area contributed by atoms with Gasteiger partial charge in [-0.15, -0.1) is 20.4 Å². The zero-order valence-electron chi connectivity index (χ0n) is 8.95. The lowest BCUT2D eigenvalue weighted by Gasteiger charge is -1.98. The fraction of sp³-hybridized carbons (Fsp3) is 0.182. The van der Waals surface area contributed by atoms with E-state index in [1.165, 1.54) is 0 Å². The molecule has 1 aromatic heterocycles. The van der Waals surface area contributed by atoms with Crippen molar-refractivity contribution in [3.05, 3.63) is 36.2 Å². The van der Waals surface area contributed by atoms with Crippen LogP contribution in [0.15, 0.2) is 30.3 Å². The van der Waals surface area contributed by atoms with Gasteiger partial charge in [0, 0.05) is 12.0 Å². The Balaban J connectivity index is 2.11. The number of aryl methyl sites for hydroxylation is 1. The molecule has 6 heteroatoms. The summed E-state index contributed by atoms with van der Waals surface area (Å²) in [6, 6.07) is 9.35. The Labute approximate surface area is 97.4 Å². The van der Waals surface area contributed by atoms with E-state index in [1.54, 1.807) is 0 Å². The summed E-state index contributed by atoms with van der Waals surface area (Å²) in [5.74, 6) is -0.113. The average molecular weight is 230 g/mol. The van der Waals surface area contributed by atoms with Crippen molar-refractivity contribution >= 4 is 5.97 Å². The Hall–Kier alpha value is -2.37. The molecule has 2 aromatic rings. The second-order valence-corrected chi connectivity index (χ2v) is 3.40. The largest absolute Gasteiger partial charge is 0.481 e. The van der Waals surface area contributed by atoms with Crippen LogP contribution in [0.3, 0.4) is 0 Å². The molecule has 1 aromatic carbocycles. The fourth-order valence-electron chi connectivity index (χ4n) is 1.27. The molecule has 0 atom stereocenters. The van der Waals surface area contributed by atoms with Crippen molar-refractivity contribution in [1.29, 1.82) is 0 Å². The number of carboxylic acids is 1. The zero-order valence-corrected chi connectivity index (χ0v) is 8.95. The van der Waals surface area contributed by atoms with Crippen LogP contribution in [0.1, 0.15) is 12.2 Å². The molecule has 0 bridgehead atoms. The fourth-order valence-corrected chi connectivity index (χ4v) is 1.27. The summed E-state index contributed by atoms with van der Waals surface area (Å²) >= 11 is 0. The molecule has 6 nitrogen and oxygen atoms in total. The third-order valence-electron chi connectivity index (χ3n) is 2.11. The van der Waals surface area contributed by atoms with E-state index in [1.807, 2.05) is 30.3 Å². The highest BCUT2D eigenvalue weighted by Crippen LogP contribution is 2.11. The van der Waals surface area contributed by atoms with Gasteiger partial charge in [-0.2, -0.15) is 0 Å². The predicted octanol–water partition coefficient (Wildman–Crippen LogP) is 0.951. The summed E-state index contributed by atoms with van der Waals surface area (Å²) in [5, 5.41) is 24.0. The zero-order chi connectivity index (χ0) is 12.1. The maximum Gasteiger partial charge on any atom is 0.303 e. The first-order valence-electron chi connectivity index (χ1n) is 5.09. The third kappa shape index (κ3) is 3.04. The molecular formula is C11H10N4O2. The first kappa shape index (κ1) is 11.1. The van der Waals surface area contributed by atoms with Crippen molar-refractivity contribution in [3.8, 4) is 11.4 Å². The minimum Gasteiger partial charge on any atom is -0.481 e. The molecule has 0 saturated heterocycles. The Kier molecular flexibility index (Phi) is 3.34. The number of aromatic nitrogens is 4. The van der Waals surface area contributed by atoms with Gasteiger partial charge >= 0.3 is 5.97 Å². The summed E-state index contributed by atoms with van der Waals surface area (Å²) in [6.07, 6.45) is 0.221. The Morgan fingerprint density at radius 1 is 1.06 bits per heavy atom. The SMILES string of the molecule is O=C(O)CCc1nnc(-c2ccccc2)nn1. The van der Waals surface area contributed by atoms with Crippen LogP contribution in [0.4, 0.5) is 0 Å². The maximum atomic E-state index is 10.4. The van der Waals surface area contributed by atoms with Crippen LogP contribution >= 0.6 is 0 Å². The van der Waals surface area contributed by atoms with E-state index in [0.29, 0.717) is 11.6 Å². The minimum atomic E-state index is -0.888. The lowest BCUT2D eigenvalue weighted by molar-refractivity contribution is -0.137. The number of aliphatic carboxylic acids is 1.